The van der Waals surface area contributed by atoms with Crippen LogP contribution in [0.1, 0.15) is 5.56 Å². The second-order valence-corrected chi connectivity index (χ2v) is 4.13. The van der Waals surface area contributed by atoms with Gasteiger partial charge in [0.15, 0.2) is 5.16 Å². The molecule has 5 heteroatoms. The molecule has 0 unspecified atom stereocenters. The normalized spacial score (nSPS) is 10.3. The van der Waals surface area contributed by atoms with Gasteiger partial charge < -0.3 is 5.73 Å². The second-order valence-electron chi connectivity index (χ2n) is 3.18. The summed E-state index contributed by atoms with van der Waals surface area (Å²) in [5.41, 5.74) is 6.43. The molecule has 0 amide bonds. The first-order chi connectivity index (χ1) is 7.74. The van der Waals surface area contributed by atoms with Crippen LogP contribution < -0.4 is 5.73 Å². The predicted octanol–water partition coefficient (Wildman–Crippen LogP) is 2.49. The van der Waals surface area contributed by atoms with Crippen LogP contribution in [0.4, 0.5) is 10.2 Å². The van der Waals surface area contributed by atoms with Gasteiger partial charge in [0.1, 0.15) is 11.6 Å². The molecule has 0 saturated heterocycles. The number of rotatable bonds is 3. The van der Waals surface area contributed by atoms with Crippen LogP contribution in [0.2, 0.25) is 0 Å². The molecule has 3 nitrogen and oxygen atoms in total. The minimum Gasteiger partial charge on any atom is -0.384 e. The van der Waals surface area contributed by atoms with Crippen molar-refractivity contribution in [1.29, 1.82) is 0 Å². The average Bonchev–Trinajstić information content (AvgIpc) is 2.27. The zero-order chi connectivity index (χ0) is 11.4. The molecule has 0 saturated carbocycles. The van der Waals surface area contributed by atoms with Gasteiger partial charge in [0.25, 0.3) is 0 Å². The molecule has 0 aliphatic heterocycles. The SMILES string of the molecule is Nc1ccnc(SCc2cccc(F)c2)n1. The quantitative estimate of drug-likeness (QED) is 0.656. The summed E-state index contributed by atoms with van der Waals surface area (Å²) in [5, 5.41) is 0.601. The third-order valence-corrected chi connectivity index (χ3v) is 2.84. The number of thioether (sulfide) groups is 1. The summed E-state index contributed by atoms with van der Waals surface area (Å²) >= 11 is 1.43. The molecular weight excluding hydrogens is 225 g/mol. The van der Waals surface area contributed by atoms with E-state index in [1.807, 2.05) is 6.07 Å². The number of benzene rings is 1. The molecule has 2 N–H and O–H groups in total. The first-order valence-electron chi connectivity index (χ1n) is 4.70. The van der Waals surface area contributed by atoms with Crippen LogP contribution in [0.15, 0.2) is 41.7 Å². The number of aromatic nitrogens is 2. The molecule has 0 aliphatic rings. The van der Waals surface area contributed by atoms with Crippen molar-refractivity contribution in [2.45, 2.75) is 10.9 Å². The van der Waals surface area contributed by atoms with Gasteiger partial charge in [0.05, 0.1) is 0 Å². The summed E-state index contributed by atoms with van der Waals surface area (Å²) in [5.74, 6) is 0.838. The van der Waals surface area contributed by atoms with Crippen molar-refractivity contribution in [2.75, 3.05) is 5.73 Å². The van der Waals surface area contributed by atoms with Gasteiger partial charge in [-0.3, -0.25) is 0 Å². The van der Waals surface area contributed by atoms with Gasteiger partial charge in [-0.05, 0) is 23.8 Å². The number of anilines is 1. The Morgan fingerprint density at radius 3 is 2.94 bits per heavy atom. The lowest BCUT2D eigenvalue weighted by molar-refractivity contribution is 0.626. The zero-order valence-electron chi connectivity index (χ0n) is 8.43. The Hall–Kier alpha value is -1.62. The van der Waals surface area contributed by atoms with E-state index in [2.05, 4.69) is 9.97 Å². The molecule has 2 rings (SSSR count). The molecule has 82 valence electrons. The number of halogens is 1. The largest absolute Gasteiger partial charge is 0.384 e. The molecule has 2 aromatic rings. The highest BCUT2D eigenvalue weighted by Crippen LogP contribution is 2.19. The Morgan fingerprint density at radius 1 is 1.31 bits per heavy atom. The number of nitrogen functional groups attached to an aromatic ring is 1. The summed E-state index contributed by atoms with van der Waals surface area (Å²) in [6, 6.07) is 8.10. The molecule has 1 aromatic heterocycles. The average molecular weight is 235 g/mol. The third-order valence-electron chi connectivity index (χ3n) is 1.91. The van der Waals surface area contributed by atoms with Crippen LogP contribution >= 0.6 is 11.8 Å². The summed E-state index contributed by atoms with van der Waals surface area (Å²) in [4.78, 5) is 8.10. The highest BCUT2D eigenvalue weighted by Gasteiger charge is 2.00. The van der Waals surface area contributed by atoms with Gasteiger partial charge in [0.2, 0.25) is 0 Å². The van der Waals surface area contributed by atoms with E-state index in [0.717, 1.165) is 5.56 Å². The molecule has 1 aromatic carbocycles. The summed E-state index contributed by atoms with van der Waals surface area (Å²) in [6.07, 6.45) is 1.61. The Labute approximate surface area is 96.9 Å². The fraction of sp³-hybridized carbons (Fsp3) is 0.0909. The van der Waals surface area contributed by atoms with Crippen molar-refractivity contribution in [3.8, 4) is 0 Å². The monoisotopic (exact) mass is 235 g/mol. The molecule has 0 bridgehead atoms. The summed E-state index contributed by atoms with van der Waals surface area (Å²) < 4.78 is 12.9. The highest BCUT2D eigenvalue weighted by atomic mass is 32.2. The van der Waals surface area contributed by atoms with E-state index in [1.165, 1.54) is 23.9 Å². The molecule has 0 spiro atoms. The predicted molar refractivity (Wildman–Crippen MR) is 62.4 cm³/mol. The van der Waals surface area contributed by atoms with Crippen LogP contribution in [0, 0.1) is 5.82 Å². The Balaban J connectivity index is 2.02. The Kier molecular flexibility index (Phi) is 3.36. The number of hydrogen-bond acceptors (Lipinski definition) is 4. The lowest BCUT2D eigenvalue weighted by atomic mass is 10.2. The van der Waals surface area contributed by atoms with E-state index in [9.17, 15) is 4.39 Å². The van der Waals surface area contributed by atoms with Crippen molar-refractivity contribution in [2.24, 2.45) is 0 Å². The van der Waals surface area contributed by atoms with Crippen LogP contribution in [0.5, 0.6) is 0 Å². The van der Waals surface area contributed by atoms with Crippen molar-refractivity contribution in [3.63, 3.8) is 0 Å². The number of hydrogen-bond donors (Lipinski definition) is 1. The maximum Gasteiger partial charge on any atom is 0.189 e. The first-order valence-corrected chi connectivity index (χ1v) is 5.68. The van der Waals surface area contributed by atoms with Gasteiger partial charge in [-0.15, -0.1) is 0 Å². The smallest absolute Gasteiger partial charge is 0.189 e. The van der Waals surface area contributed by atoms with Crippen molar-refractivity contribution in [1.82, 2.24) is 9.97 Å². The van der Waals surface area contributed by atoms with Crippen LogP contribution in [0.3, 0.4) is 0 Å². The van der Waals surface area contributed by atoms with Crippen molar-refractivity contribution < 1.29 is 4.39 Å². The minimum absolute atomic E-state index is 0.230. The van der Waals surface area contributed by atoms with E-state index >= 15 is 0 Å². The van der Waals surface area contributed by atoms with E-state index in [0.29, 0.717) is 16.7 Å². The molecule has 0 fully saturated rings. The third kappa shape index (κ3) is 2.93. The fourth-order valence-corrected chi connectivity index (χ4v) is 1.98. The van der Waals surface area contributed by atoms with Crippen molar-refractivity contribution >= 4 is 17.6 Å². The number of nitrogens with zero attached hydrogens (tertiary/aromatic N) is 2. The summed E-state index contributed by atoms with van der Waals surface area (Å²) in [6.45, 7) is 0. The number of nitrogens with two attached hydrogens (primary N) is 1. The second kappa shape index (κ2) is 4.94. The first kappa shape index (κ1) is 10.9. The van der Waals surface area contributed by atoms with E-state index in [4.69, 9.17) is 5.73 Å². The Bertz CT molecular complexity index is 445. The topological polar surface area (TPSA) is 51.8 Å². The fourth-order valence-electron chi connectivity index (χ4n) is 1.20. The molecule has 0 aliphatic carbocycles. The lowest BCUT2D eigenvalue weighted by Crippen LogP contribution is -1.93. The van der Waals surface area contributed by atoms with Gasteiger partial charge in [-0.2, -0.15) is 0 Å². The van der Waals surface area contributed by atoms with Gasteiger partial charge in [-0.25, -0.2) is 14.4 Å². The van der Waals surface area contributed by atoms with Crippen LogP contribution in [0.25, 0.3) is 0 Å². The van der Waals surface area contributed by atoms with Gasteiger partial charge in [-0.1, -0.05) is 23.9 Å². The molecular formula is C11H10FN3S. The lowest BCUT2D eigenvalue weighted by Gasteiger charge is -2.01. The maximum atomic E-state index is 12.9. The van der Waals surface area contributed by atoms with E-state index in [1.54, 1.807) is 18.3 Å². The minimum atomic E-state index is -0.230. The van der Waals surface area contributed by atoms with E-state index in [-0.39, 0.29) is 5.82 Å². The molecule has 16 heavy (non-hydrogen) atoms. The standard InChI is InChI=1S/C11H10FN3S/c12-9-3-1-2-8(6-9)7-16-11-14-5-4-10(13)15-11/h1-6H,7H2,(H2,13,14,15). The Morgan fingerprint density at radius 2 is 2.19 bits per heavy atom. The van der Waals surface area contributed by atoms with Gasteiger partial charge >= 0.3 is 0 Å². The molecule has 1 heterocycles. The van der Waals surface area contributed by atoms with E-state index < -0.39 is 0 Å². The highest BCUT2D eigenvalue weighted by molar-refractivity contribution is 7.98. The van der Waals surface area contributed by atoms with Crippen molar-refractivity contribution in [3.05, 3.63) is 47.9 Å². The maximum absolute atomic E-state index is 12.9. The van der Waals surface area contributed by atoms with Gasteiger partial charge in [0, 0.05) is 11.9 Å². The molecule has 0 atom stereocenters. The summed E-state index contributed by atoms with van der Waals surface area (Å²) in [7, 11) is 0. The zero-order valence-corrected chi connectivity index (χ0v) is 9.25. The molecule has 0 radical (unpaired) electrons. The van der Waals surface area contributed by atoms with Crippen LogP contribution in [-0.4, -0.2) is 9.97 Å². The van der Waals surface area contributed by atoms with Crippen LogP contribution in [-0.2, 0) is 5.75 Å².